The number of quaternary nitrogens is 1. The smallest absolute Gasteiger partial charge is 0.208 e. The zero-order valence-electron chi connectivity index (χ0n) is 13.8. The second-order valence-electron chi connectivity index (χ2n) is 6.44. The molecule has 0 aliphatic carbocycles. The van der Waals surface area contributed by atoms with Gasteiger partial charge in [0.1, 0.15) is 19.2 Å². The molecule has 23 heavy (non-hydrogen) atoms. The highest BCUT2D eigenvalue weighted by molar-refractivity contribution is 7.99. The van der Waals surface area contributed by atoms with Crippen molar-refractivity contribution in [1.29, 1.82) is 0 Å². The van der Waals surface area contributed by atoms with Gasteiger partial charge in [0.2, 0.25) is 5.16 Å². The average molecular weight is 333 g/mol. The molecule has 1 saturated heterocycles. The van der Waals surface area contributed by atoms with Crippen molar-refractivity contribution in [2.24, 2.45) is 5.92 Å². The van der Waals surface area contributed by atoms with Gasteiger partial charge in [-0.1, -0.05) is 55.9 Å². The molecule has 0 bridgehead atoms. The molecule has 0 spiro atoms. The first-order valence-electron chi connectivity index (χ1n) is 8.26. The lowest BCUT2D eigenvalue weighted by molar-refractivity contribution is -0.914. The first kappa shape index (κ1) is 16.5. The van der Waals surface area contributed by atoms with Crippen molar-refractivity contribution in [2.75, 3.05) is 32.0 Å². The van der Waals surface area contributed by atoms with Crippen molar-refractivity contribution in [3.05, 3.63) is 30.3 Å². The summed E-state index contributed by atoms with van der Waals surface area (Å²) in [5.74, 6) is 2.47. The van der Waals surface area contributed by atoms with Crippen molar-refractivity contribution < 1.29 is 9.64 Å². The number of nitrogens with one attached hydrogen (secondary N) is 2. The molecule has 1 aromatic carbocycles. The summed E-state index contributed by atoms with van der Waals surface area (Å²) in [6, 6.07) is 10.1. The van der Waals surface area contributed by atoms with Crippen LogP contribution in [0.3, 0.4) is 0 Å². The van der Waals surface area contributed by atoms with E-state index in [2.05, 4.69) is 29.0 Å². The molecule has 2 heterocycles. The number of H-pyrrole nitrogens is 1. The number of hydrogen-bond acceptors (Lipinski definition) is 4. The fourth-order valence-corrected chi connectivity index (χ4v) is 3.74. The Morgan fingerprint density at radius 1 is 1.35 bits per heavy atom. The molecule has 6 heteroatoms. The summed E-state index contributed by atoms with van der Waals surface area (Å²) in [6.07, 6.45) is 0.293. The Kier molecular flexibility index (Phi) is 5.70. The highest BCUT2D eigenvalue weighted by atomic mass is 32.2. The van der Waals surface area contributed by atoms with E-state index in [0.29, 0.717) is 6.10 Å². The summed E-state index contributed by atoms with van der Waals surface area (Å²) in [6.45, 7) is 8.86. The van der Waals surface area contributed by atoms with Crippen LogP contribution in [0, 0.1) is 5.92 Å². The number of morpholine rings is 1. The van der Waals surface area contributed by atoms with E-state index in [0.717, 1.165) is 47.9 Å². The van der Waals surface area contributed by atoms with Crippen LogP contribution in [0.1, 0.15) is 13.8 Å². The highest BCUT2D eigenvalue weighted by Gasteiger charge is 2.24. The van der Waals surface area contributed by atoms with Crippen LogP contribution in [0.15, 0.2) is 35.5 Å². The van der Waals surface area contributed by atoms with E-state index >= 15 is 0 Å². The summed E-state index contributed by atoms with van der Waals surface area (Å²) in [5.41, 5.74) is 1.06. The zero-order valence-corrected chi connectivity index (χ0v) is 14.6. The summed E-state index contributed by atoms with van der Waals surface area (Å²) in [7, 11) is 0. The van der Waals surface area contributed by atoms with Gasteiger partial charge in [0.05, 0.1) is 13.2 Å². The van der Waals surface area contributed by atoms with Crippen LogP contribution in [-0.4, -0.2) is 53.3 Å². The molecule has 2 atom stereocenters. The predicted octanol–water partition coefficient (Wildman–Crippen LogP) is 1.50. The monoisotopic (exact) mass is 333 g/mol. The lowest BCUT2D eigenvalue weighted by Crippen LogP contribution is -3.15. The Bertz CT molecular complexity index is 602. The van der Waals surface area contributed by atoms with Crippen LogP contribution in [0.5, 0.6) is 0 Å². The Labute approximate surface area is 141 Å². The van der Waals surface area contributed by atoms with Crippen molar-refractivity contribution in [1.82, 2.24) is 15.2 Å². The number of aromatic amines is 1. The number of rotatable bonds is 6. The molecule has 1 aliphatic heterocycles. The van der Waals surface area contributed by atoms with Crippen LogP contribution in [0.25, 0.3) is 11.4 Å². The number of thioether (sulfide) groups is 1. The van der Waals surface area contributed by atoms with E-state index in [9.17, 15) is 0 Å². The SMILES string of the molecule is CC(C)C[NH+]1CCO[C@H](CSc2n[nH]c(-c3ccccc3)n2)C1. The van der Waals surface area contributed by atoms with E-state index in [1.54, 1.807) is 16.7 Å². The number of nitrogens with zero attached hydrogens (tertiary/aromatic N) is 2. The van der Waals surface area contributed by atoms with Crippen molar-refractivity contribution in [3.63, 3.8) is 0 Å². The molecule has 0 amide bonds. The summed E-state index contributed by atoms with van der Waals surface area (Å²) in [5, 5.41) is 8.12. The number of benzene rings is 1. The van der Waals surface area contributed by atoms with Gasteiger partial charge in [-0.25, -0.2) is 4.98 Å². The fraction of sp³-hybridized carbons (Fsp3) is 0.529. The molecule has 1 aliphatic rings. The topological polar surface area (TPSA) is 55.2 Å². The lowest BCUT2D eigenvalue weighted by Gasteiger charge is -2.30. The molecule has 5 nitrogen and oxygen atoms in total. The Morgan fingerprint density at radius 3 is 2.96 bits per heavy atom. The average Bonchev–Trinajstić information content (AvgIpc) is 3.02. The molecule has 2 N–H and O–H groups in total. The summed E-state index contributed by atoms with van der Waals surface area (Å²) >= 11 is 1.67. The van der Waals surface area contributed by atoms with Crippen molar-refractivity contribution >= 4 is 11.8 Å². The molecule has 1 unspecified atom stereocenters. The Balaban J connectivity index is 1.51. The maximum Gasteiger partial charge on any atom is 0.208 e. The minimum atomic E-state index is 0.293. The first-order valence-corrected chi connectivity index (χ1v) is 9.25. The Hall–Kier alpha value is -1.37. The van der Waals surface area contributed by atoms with Crippen LogP contribution >= 0.6 is 11.8 Å². The van der Waals surface area contributed by atoms with Gasteiger partial charge < -0.3 is 9.64 Å². The first-order chi connectivity index (χ1) is 11.2. The lowest BCUT2D eigenvalue weighted by atomic mass is 10.2. The van der Waals surface area contributed by atoms with E-state index < -0.39 is 0 Å². The third kappa shape index (κ3) is 4.80. The normalized spacial score (nSPS) is 21.7. The second kappa shape index (κ2) is 7.95. The van der Waals surface area contributed by atoms with Gasteiger partial charge in [-0.2, -0.15) is 0 Å². The van der Waals surface area contributed by atoms with Gasteiger partial charge in [-0.15, -0.1) is 5.10 Å². The number of hydrogen-bond donors (Lipinski definition) is 2. The standard InChI is InChI=1S/C17H24N4OS/c1-13(2)10-21-8-9-22-15(11-21)12-23-17-18-16(19-20-17)14-6-4-3-5-7-14/h3-7,13,15H,8-12H2,1-2H3,(H,18,19,20)/p+1/t15-/m0/s1. The van der Waals surface area contributed by atoms with Crippen LogP contribution < -0.4 is 4.90 Å². The minimum Gasteiger partial charge on any atom is -0.366 e. The van der Waals surface area contributed by atoms with Gasteiger partial charge in [0, 0.05) is 17.2 Å². The van der Waals surface area contributed by atoms with Crippen LogP contribution in [-0.2, 0) is 4.74 Å². The number of aromatic nitrogens is 3. The third-order valence-electron chi connectivity index (χ3n) is 3.93. The highest BCUT2D eigenvalue weighted by Crippen LogP contribution is 2.20. The van der Waals surface area contributed by atoms with Crippen LogP contribution in [0.2, 0.25) is 0 Å². The third-order valence-corrected chi connectivity index (χ3v) is 4.91. The van der Waals surface area contributed by atoms with Gasteiger partial charge >= 0.3 is 0 Å². The molecule has 0 radical (unpaired) electrons. The van der Waals surface area contributed by atoms with Gasteiger partial charge in [-0.05, 0) is 0 Å². The van der Waals surface area contributed by atoms with E-state index in [1.807, 2.05) is 30.3 Å². The maximum absolute atomic E-state index is 5.90. The molecule has 1 fully saturated rings. The van der Waals surface area contributed by atoms with E-state index in [1.165, 1.54) is 6.54 Å². The van der Waals surface area contributed by atoms with Gasteiger partial charge in [0.25, 0.3) is 0 Å². The molecule has 124 valence electrons. The van der Waals surface area contributed by atoms with Gasteiger partial charge in [-0.3, -0.25) is 5.10 Å². The second-order valence-corrected chi connectivity index (χ2v) is 7.43. The predicted molar refractivity (Wildman–Crippen MR) is 92.7 cm³/mol. The van der Waals surface area contributed by atoms with E-state index in [4.69, 9.17) is 4.74 Å². The van der Waals surface area contributed by atoms with Crippen LogP contribution in [0.4, 0.5) is 0 Å². The van der Waals surface area contributed by atoms with E-state index in [-0.39, 0.29) is 0 Å². The fourth-order valence-electron chi connectivity index (χ4n) is 2.93. The van der Waals surface area contributed by atoms with Crippen molar-refractivity contribution in [3.8, 4) is 11.4 Å². The molecule has 1 aromatic heterocycles. The minimum absolute atomic E-state index is 0.293. The number of ether oxygens (including phenoxy) is 1. The summed E-state index contributed by atoms with van der Waals surface area (Å²) in [4.78, 5) is 6.22. The summed E-state index contributed by atoms with van der Waals surface area (Å²) < 4.78 is 5.90. The van der Waals surface area contributed by atoms with Gasteiger partial charge in [0.15, 0.2) is 5.82 Å². The molecular formula is C17H25N4OS+. The Morgan fingerprint density at radius 2 is 2.17 bits per heavy atom. The maximum atomic E-state index is 5.90. The molecule has 2 aromatic rings. The van der Waals surface area contributed by atoms with Crippen molar-refractivity contribution in [2.45, 2.75) is 25.1 Å². The molecule has 0 saturated carbocycles. The molecular weight excluding hydrogens is 308 g/mol. The quantitative estimate of drug-likeness (QED) is 0.787. The largest absolute Gasteiger partial charge is 0.366 e. The zero-order chi connectivity index (χ0) is 16.1. The molecule has 3 rings (SSSR count).